The van der Waals surface area contributed by atoms with Crippen LogP contribution in [0.25, 0.3) is 0 Å². The van der Waals surface area contributed by atoms with Crippen molar-refractivity contribution in [1.82, 2.24) is 0 Å². The number of hydrogen-bond acceptors (Lipinski definition) is 2. The highest BCUT2D eigenvalue weighted by Gasteiger charge is 2.18. The van der Waals surface area contributed by atoms with Crippen molar-refractivity contribution in [2.75, 3.05) is 7.11 Å². The zero-order valence-corrected chi connectivity index (χ0v) is 13.4. The molecule has 3 rings (SSSR count). The normalized spacial score (nSPS) is 14.9. The molecular formula is C16H14BrClO2. The monoisotopic (exact) mass is 352 g/mol. The molecule has 1 aliphatic heterocycles. The van der Waals surface area contributed by atoms with Crippen molar-refractivity contribution in [3.05, 3.63) is 63.7 Å². The summed E-state index contributed by atoms with van der Waals surface area (Å²) in [4.78, 5) is 0.0700. The molecule has 2 nitrogen and oxygen atoms in total. The summed E-state index contributed by atoms with van der Waals surface area (Å²) in [5.74, 6) is 0.788. The van der Waals surface area contributed by atoms with E-state index in [0.29, 0.717) is 18.2 Å². The molecule has 4 heteroatoms. The van der Waals surface area contributed by atoms with Crippen LogP contribution >= 0.6 is 27.5 Å². The molecule has 0 amide bonds. The lowest BCUT2D eigenvalue weighted by Gasteiger charge is -2.16. The van der Waals surface area contributed by atoms with Crippen molar-refractivity contribution in [3.8, 4) is 5.75 Å². The van der Waals surface area contributed by atoms with Crippen molar-refractivity contribution in [3.63, 3.8) is 0 Å². The second-order valence-corrected chi connectivity index (χ2v) is 6.12. The number of rotatable bonds is 3. The predicted octanol–water partition coefficient (Wildman–Crippen LogP) is 4.86. The van der Waals surface area contributed by atoms with E-state index in [4.69, 9.17) is 21.1 Å². The standard InChI is InChI=1S/C16H14BrClO2/c1-19-15-7-13(18)4-5-14(15)16(17)10-2-3-11-8-20-9-12(11)6-10/h2-7,16H,8-9H2,1H3. The van der Waals surface area contributed by atoms with Gasteiger partial charge in [0.25, 0.3) is 0 Å². The molecule has 1 unspecified atom stereocenters. The lowest BCUT2D eigenvalue weighted by Crippen LogP contribution is -1.98. The van der Waals surface area contributed by atoms with Crippen molar-refractivity contribution >= 4 is 27.5 Å². The van der Waals surface area contributed by atoms with E-state index in [0.717, 1.165) is 11.3 Å². The Bertz CT molecular complexity index is 642. The van der Waals surface area contributed by atoms with Crippen LogP contribution in [0.1, 0.15) is 27.1 Å². The zero-order valence-electron chi connectivity index (χ0n) is 11.0. The van der Waals surface area contributed by atoms with Crippen LogP contribution < -0.4 is 4.74 Å². The smallest absolute Gasteiger partial charge is 0.125 e. The quantitative estimate of drug-likeness (QED) is 0.733. The van der Waals surface area contributed by atoms with Gasteiger partial charge in [-0.15, -0.1) is 0 Å². The van der Waals surface area contributed by atoms with Gasteiger partial charge in [-0.3, -0.25) is 0 Å². The lowest BCUT2D eigenvalue weighted by molar-refractivity contribution is 0.134. The SMILES string of the molecule is COc1cc(Cl)ccc1C(Br)c1ccc2c(c1)COC2. The minimum absolute atomic E-state index is 0.0700. The Morgan fingerprint density at radius 2 is 1.95 bits per heavy atom. The van der Waals surface area contributed by atoms with E-state index in [1.807, 2.05) is 18.2 Å². The van der Waals surface area contributed by atoms with Crippen molar-refractivity contribution in [2.45, 2.75) is 18.0 Å². The number of alkyl halides is 1. The van der Waals surface area contributed by atoms with E-state index in [9.17, 15) is 0 Å². The predicted molar refractivity (Wildman–Crippen MR) is 83.7 cm³/mol. The molecule has 0 saturated heterocycles. The van der Waals surface area contributed by atoms with Gasteiger partial charge in [0.2, 0.25) is 0 Å². The summed E-state index contributed by atoms with van der Waals surface area (Å²) in [6, 6.07) is 12.2. The van der Waals surface area contributed by atoms with Crippen LogP contribution in [0.3, 0.4) is 0 Å². The maximum Gasteiger partial charge on any atom is 0.125 e. The topological polar surface area (TPSA) is 18.5 Å². The van der Waals surface area contributed by atoms with Crippen LogP contribution in [0.5, 0.6) is 5.75 Å². The third kappa shape index (κ3) is 2.58. The van der Waals surface area contributed by atoms with Gasteiger partial charge in [-0.2, -0.15) is 0 Å². The molecule has 1 atom stereocenters. The van der Waals surface area contributed by atoms with E-state index < -0.39 is 0 Å². The Hall–Kier alpha value is -1.03. The Morgan fingerprint density at radius 1 is 1.15 bits per heavy atom. The van der Waals surface area contributed by atoms with Crippen LogP contribution in [0.2, 0.25) is 5.02 Å². The van der Waals surface area contributed by atoms with Gasteiger partial charge in [0.1, 0.15) is 5.75 Å². The fourth-order valence-electron chi connectivity index (χ4n) is 2.42. The minimum atomic E-state index is 0.0700. The second-order valence-electron chi connectivity index (χ2n) is 4.77. The van der Waals surface area contributed by atoms with Crippen LogP contribution in [0, 0.1) is 0 Å². The van der Waals surface area contributed by atoms with Gasteiger partial charge in [-0.1, -0.05) is 51.8 Å². The van der Waals surface area contributed by atoms with Crippen LogP contribution in [0.4, 0.5) is 0 Å². The highest BCUT2D eigenvalue weighted by molar-refractivity contribution is 9.09. The second kappa shape index (κ2) is 5.76. The number of ether oxygens (including phenoxy) is 2. The molecule has 20 heavy (non-hydrogen) atoms. The first-order valence-electron chi connectivity index (χ1n) is 6.36. The Balaban J connectivity index is 1.98. The summed E-state index contributed by atoms with van der Waals surface area (Å²) >= 11 is 9.77. The number of halogens is 2. The maximum absolute atomic E-state index is 6.01. The van der Waals surface area contributed by atoms with E-state index in [-0.39, 0.29) is 4.83 Å². The van der Waals surface area contributed by atoms with E-state index in [1.165, 1.54) is 16.7 Å². The van der Waals surface area contributed by atoms with Gasteiger partial charge in [0.05, 0.1) is 25.2 Å². The van der Waals surface area contributed by atoms with Gasteiger partial charge < -0.3 is 9.47 Å². The molecule has 0 aliphatic carbocycles. The molecule has 0 fully saturated rings. The number of fused-ring (bicyclic) bond motifs is 1. The molecule has 2 aromatic carbocycles. The van der Waals surface area contributed by atoms with Crippen LogP contribution in [-0.4, -0.2) is 7.11 Å². The molecule has 1 aliphatic rings. The Morgan fingerprint density at radius 3 is 2.75 bits per heavy atom. The third-order valence-electron chi connectivity index (χ3n) is 3.51. The van der Waals surface area contributed by atoms with E-state index >= 15 is 0 Å². The fourth-order valence-corrected chi connectivity index (χ4v) is 3.25. The minimum Gasteiger partial charge on any atom is -0.496 e. The third-order valence-corrected chi connectivity index (χ3v) is 4.76. The average Bonchev–Trinajstić information content (AvgIpc) is 2.93. The van der Waals surface area contributed by atoms with E-state index in [1.54, 1.807) is 7.11 Å². The van der Waals surface area contributed by atoms with Crippen LogP contribution in [0.15, 0.2) is 36.4 Å². The van der Waals surface area contributed by atoms with Crippen molar-refractivity contribution in [2.24, 2.45) is 0 Å². The first kappa shape index (κ1) is 13.9. The summed E-state index contributed by atoms with van der Waals surface area (Å²) in [7, 11) is 1.66. The average molecular weight is 354 g/mol. The number of benzene rings is 2. The summed E-state index contributed by atoms with van der Waals surface area (Å²) in [6.07, 6.45) is 0. The van der Waals surface area contributed by atoms with Gasteiger partial charge in [0, 0.05) is 10.6 Å². The molecule has 0 aromatic heterocycles. The Labute approximate surface area is 131 Å². The van der Waals surface area contributed by atoms with Gasteiger partial charge in [-0.25, -0.2) is 0 Å². The summed E-state index contributed by atoms with van der Waals surface area (Å²) in [5.41, 5.74) is 4.79. The first-order valence-corrected chi connectivity index (χ1v) is 7.65. The fraction of sp³-hybridized carbons (Fsp3) is 0.250. The highest BCUT2D eigenvalue weighted by atomic mass is 79.9. The first-order chi connectivity index (χ1) is 9.69. The molecule has 0 radical (unpaired) electrons. The maximum atomic E-state index is 6.01. The molecular weight excluding hydrogens is 340 g/mol. The van der Waals surface area contributed by atoms with E-state index in [2.05, 4.69) is 34.1 Å². The lowest BCUT2D eigenvalue weighted by atomic mass is 10.00. The van der Waals surface area contributed by atoms with Crippen molar-refractivity contribution in [1.29, 1.82) is 0 Å². The number of hydrogen-bond donors (Lipinski definition) is 0. The van der Waals surface area contributed by atoms with Crippen molar-refractivity contribution < 1.29 is 9.47 Å². The van der Waals surface area contributed by atoms with Gasteiger partial charge in [0.15, 0.2) is 0 Å². The van der Waals surface area contributed by atoms with Gasteiger partial charge in [-0.05, 0) is 28.8 Å². The molecule has 0 saturated carbocycles. The largest absolute Gasteiger partial charge is 0.496 e. The molecule has 104 valence electrons. The van der Waals surface area contributed by atoms with Gasteiger partial charge >= 0.3 is 0 Å². The molecule has 1 heterocycles. The molecule has 0 bridgehead atoms. The summed E-state index contributed by atoms with van der Waals surface area (Å²) < 4.78 is 10.9. The highest BCUT2D eigenvalue weighted by Crippen LogP contribution is 2.38. The number of methoxy groups -OCH3 is 1. The van der Waals surface area contributed by atoms with Crippen LogP contribution in [-0.2, 0) is 18.0 Å². The summed E-state index contributed by atoms with van der Waals surface area (Å²) in [5, 5.41) is 0.674. The molecule has 2 aromatic rings. The molecule has 0 N–H and O–H groups in total. The zero-order chi connectivity index (χ0) is 14.1. The Kier molecular flexibility index (Phi) is 4.01. The molecule has 0 spiro atoms. The summed E-state index contributed by atoms with van der Waals surface area (Å²) in [6.45, 7) is 1.41.